The lowest BCUT2D eigenvalue weighted by molar-refractivity contribution is 0.186. The molecule has 1 saturated heterocycles. The van der Waals surface area contributed by atoms with Crippen LogP contribution in [0.5, 0.6) is 11.5 Å². The second kappa shape index (κ2) is 6.95. The van der Waals surface area contributed by atoms with Crippen molar-refractivity contribution in [1.82, 2.24) is 10.2 Å². The first-order valence-corrected chi connectivity index (χ1v) is 7.61. The molecule has 1 aliphatic rings. The number of hydrogen-bond donors (Lipinski definition) is 3. The number of aromatic hydroxyl groups is 2. The number of phenols is 2. The topological polar surface area (TPSA) is 55.7 Å². The smallest absolute Gasteiger partial charge is 0.124 e. The monoisotopic (exact) mass is 278 g/mol. The van der Waals surface area contributed by atoms with Gasteiger partial charge in [0.2, 0.25) is 0 Å². The van der Waals surface area contributed by atoms with Gasteiger partial charge in [0.05, 0.1) is 5.56 Å². The second-order valence-corrected chi connectivity index (χ2v) is 5.67. The summed E-state index contributed by atoms with van der Waals surface area (Å²) in [5, 5.41) is 23.6. The summed E-state index contributed by atoms with van der Waals surface area (Å²) in [7, 11) is 0. The van der Waals surface area contributed by atoms with Gasteiger partial charge in [0.1, 0.15) is 11.5 Å². The standard InChI is InChI=1S/C16H26N2O2/c1-3-10-18(11-13-6-5-9-17-13)12(2)16-14(19)7-4-8-15(16)20/h4,7-8,12-13,17,19-20H,3,5-6,9-11H2,1-2H3. The zero-order valence-electron chi connectivity index (χ0n) is 12.5. The maximum atomic E-state index is 10.0. The molecule has 3 N–H and O–H groups in total. The van der Waals surface area contributed by atoms with Gasteiger partial charge in [-0.15, -0.1) is 0 Å². The summed E-state index contributed by atoms with van der Waals surface area (Å²) < 4.78 is 0. The zero-order valence-corrected chi connectivity index (χ0v) is 12.5. The van der Waals surface area contributed by atoms with Crippen molar-refractivity contribution >= 4 is 0 Å². The molecular weight excluding hydrogens is 252 g/mol. The lowest BCUT2D eigenvalue weighted by atomic mass is 10.0. The molecule has 2 atom stereocenters. The fraction of sp³-hybridized carbons (Fsp3) is 0.625. The summed E-state index contributed by atoms with van der Waals surface area (Å²) in [5.41, 5.74) is 0.638. The molecule has 4 nitrogen and oxygen atoms in total. The minimum atomic E-state index is 0.0125. The van der Waals surface area contributed by atoms with Gasteiger partial charge in [-0.3, -0.25) is 4.90 Å². The van der Waals surface area contributed by atoms with Gasteiger partial charge in [0.25, 0.3) is 0 Å². The SMILES string of the molecule is CCCN(CC1CCCN1)C(C)c1c(O)cccc1O. The highest BCUT2D eigenvalue weighted by Gasteiger charge is 2.25. The molecule has 20 heavy (non-hydrogen) atoms. The molecule has 1 heterocycles. The number of phenolic OH excluding ortho intramolecular Hbond substituents is 2. The molecule has 0 aliphatic carbocycles. The van der Waals surface area contributed by atoms with Crippen LogP contribution in [0.4, 0.5) is 0 Å². The Morgan fingerprint density at radius 3 is 2.60 bits per heavy atom. The fourth-order valence-electron chi connectivity index (χ4n) is 3.08. The number of rotatable bonds is 6. The van der Waals surface area contributed by atoms with Crippen molar-refractivity contribution in [1.29, 1.82) is 0 Å². The average molecular weight is 278 g/mol. The Hall–Kier alpha value is -1.26. The molecule has 0 radical (unpaired) electrons. The van der Waals surface area contributed by atoms with Crippen LogP contribution in [-0.4, -0.2) is 40.8 Å². The fourth-order valence-corrected chi connectivity index (χ4v) is 3.08. The maximum absolute atomic E-state index is 10.0. The minimum absolute atomic E-state index is 0.0125. The van der Waals surface area contributed by atoms with E-state index < -0.39 is 0 Å². The summed E-state index contributed by atoms with van der Waals surface area (Å²) in [6.45, 7) is 7.24. The molecule has 112 valence electrons. The Morgan fingerprint density at radius 1 is 1.35 bits per heavy atom. The van der Waals surface area contributed by atoms with Gasteiger partial charge in [-0.05, 0) is 51.4 Å². The lowest BCUT2D eigenvalue weighted by Crippen LogP contribution is -2.39. The Kier molecular flexibility index (Phi) is 5.26. The van der Waals surface area contributed by atoms with Crippen molar-refractivity contribution < 1.29 is 10.2 Å². The molecule has 1 fully saturated rings. The van der Waals surface area contributed by atoms with Gasteiger partial charge in [-0.2, -0.15) is 0 Å². The summed E-state index contributed by atoms with van der Waals surface area (Å²) in [6, 6.07) is 5.49. The Bertz CT molecular complexity index is 410. The molecule has 0 saturated carbocycles. The van der Waals surface area contributed by atoms with Gasteiger partial charge in [-0.25, -0.2) is 0 Å². The molecule has 1 aromatic carbocycles. The summed E-state index contributed by atoms with van der Waals surface area (Å²) in [6.07, 6.45) is 3.51. The van der Waals surface area contributed by atoms with Crippen LogP contribution < -0.4 is 5.32 Å². The Balaban J connectivity index is 2.14. The van der Waals surface area contributed by atoms with Crippen molar-refractivity contribution in [3.05, 3.63) is 23.8 Å². The molecule has 0 aromatic heterocycles. The van der Waals surface area contributed by atoms with E-state index in [-0.39, 0.29) is 17.5 Å². The van der Waals surface area contributed by atoms with Gasteiger partial charge in [0.15, 0.2) is 0 Å². The zero-order chi connectivity index (χ0) is 14.5. The van der Waals surface area contributed by atoms with Crippen molar-refractivity contribution in [3.63, 3.8) is 0 Å². The van der Waals surface area contributed by atoms with E-state index >= 15 is 0 Å². The van der Waals surface area contributed by atoms with Crippen LogP contribution in [0.25, 0.3) is 0 Å². The summed E-state index contributed by atoms with van der Waals surface area (Å²) in [4.78, 5) is 2.34. The van der Waals surface area contributed by atoms with E-state index in [2.05, 4.69) is 24.1 Å². The Morgan fingerprint density at radius 2 is 2.05 bits per heavy atom. The third-order valence-electron chi connectivity index (χ3n) is 4.15. The van der Waals surface area contributed by atoms with Crippen LogP contribution in [0, 0.1) is 0 Å². The number of nitrogens with one attached hydrogen (secondary N) is 1. The number of nitrogens with zero attached hydrogens (tertiary/aromatic N) is 1. The highest BCUT2D eigenvalue weighted by molar-refractivity contribution is 5.45. The molecule has 2 rings (SSSR count). The van der Waals surface area contributed by atoms with E-state index in [0.29, 0.717) is 11.6 Å². The number of benzene rings is 1. The van der Waals surface area contributed by atoms with E-state index in [1.807, 2.05) is 0 Å². The molecule has 0 spiro atoms. The van der Waals surface area contributed by atoms with Crippen LogP contribution in [0.3, 0.4) is 0 Å². The maximum Gasteiger partial charge on any atom is 0.124 e. The van der Waals surface area contributed by atoms with Gasteiger partial charge < -0.3 is 15.5 Å². The van der Waals surface area contributed by atoms with Gasteiger partial charge >= 0.3 is 0 Å². The van der Waals surface area contributed by atoms with Crippen molar-refractivity contribution in [2.24, 2.45) is 0 Å². The molecule has 1 aliphatic heterocycles. The van der Waals surface area contributed by atoms with Crippen LogP contribution >= 0.6 is 0 Å². The highest BCUT2D eigenvalue weighted by Crippen LogP contribution is 2.35. The van der Waals surface area contributed by atoms with Crippen LogP contribution in [0.1, 0.15) is 44.7 Å². The van der Waals surface area contributed by atoms with Crippen molar-refractivity contribution in [2.75, 3.05) is 19.6 Å². The van der Waals surface area contributed by atoms with Crippen LogP contribution in [-0.2, 0) is 0 Å². The van der Waals surface area contributed by atoms with E-state index in [0.717, 1.165) is 26.1 Å². The normalized spacial score (nSPS) is 20.4. The lowest BCUT2D eigenvalue weighted by Gasteiger charge is -2.32. The summed E-state index contributed by atoms with van der Waals surface area (Å²) >= 11 is 0. The minimum Gasteiger partial charge on any atom is -0.507 e. The first-order valence-electron chi connectivity index (χ1n) is 7.61. The predicted molar refractivity (Wildman–Crippen MR) is 81.1 cm³/mol. The van der Waals surface area contributed by atoms with E-state index in [9.17, 15) is 10.2 Å². The van der Waals surface area contributed by atoms with E-state index in [1.54, 1.807) is 18.2 Å². The first kappa shape index (κ1) is 15.1. The van der Waals surface area contributed by atoms with Crippen LogP contribution in [0.2, 0.25) is 0 Å². The second-order valence-electron chi connectivity index (χ2n) is 5.67. The van der Waals surface area contributed by atoms with Crippen molar-refractivity contribution in [3.8, 4) is 11.5 Å². The third kappa shape index (κ3) is 3.44. The molecule has 0 amide bonds. The summed E-state index contributed by atoms with van der Waals surface area (Å²) in [5.74, 6) is 0.357. The largest absolute Gasteiger partial charge is 0.507 e. The van der Waals surface area contributed by atoms with Crippen molar-refractivity contribution in [2.45, 2.75) is 45.2 Å². The van der Waals surface area contributed by atoms with E-state index in [4.69, 9.17) is 0 Å². The molecule has 2 unspecified atom stereocenters. The highest BCUT2D eigenvalue weighted by atomic mass is 16.3. The quantitative estimate of drug-likeness (QED) is 0.749. The first-order chi connectivity index (χ1) is 9.63. The molecular formula is C16H26N2O2. The molecule has 1 aromatic rings. The third-order valence-corrected chi connectivity index (χ3v) is 4.15. The number of hydrogen-bond acceptors (Lipinski definition) is 4. The van der Waals surface area contributed by atoms with Crippen LogP contribution in [0.15, 0.2) is 18.2 Å². The average Bonchev–Trinajstić information content (AvgIpc) is 2.91. The molecule has 0 bridgehead atoms. The Labute approximate surface area is 121 Å². The molecule has 4 heteroatoms. The predicted octanol–water partition coefficient (Wildman–Crippen LogP) is 2.62. The van der Waals surface area contributed by atoms with Gasteiger partial charge in [0, 0.05) is 18.6 Å². The van der Waals surface area contributed by atoms with Gasteiger partial charge in [-0.1, -0.05) is 13.0 Å². The van der Waals surface area contributed by atoms with E-state index in [1.165, 1.54) is 12.8 Å².